The highest BCUT2D eigenvalue weighted by molar-refractivity contribution is 7.47. The molecule has 0 fully saturated rings. The van der Waals surface area contributed by atoms with Crippen LogP contribution in [0.3, 0.4) is 0 Å². The van der Waals surface area contributed by atoms with Crippen LogP contribution < -0.4 is 0 Å². The van der Waals surface area contributed by atoms with Crippen LogP contribution in [-0.2, 0) is 13.6 Å². The molecule has 5 heteroatoms. The number of phosphoric ester groups is 1. The van der Waals surface area contributed by atoms with Gasteiger partial charge in [-0.25, -0.2) is 4.57 Å². The van der Waals surface area contributed by atoms with Gasteiger partial charge in [0.15, 0.2) is 0 Å². The maximum Gasteiger partial charge on any atom is 0.472 e. The summed E-state index contributed by atoms with van der Waals surface area (Å²) in [5.74, 6) is 0.350. The lowest BCUT2D eigenvalue weighted by Crippen LogP contribution is -2.09. The van der Waals surface area contributed by atoms with Crippen molar-refractivity contribution >= 4 is 7.82 Å². The van der Waals surface area contributed by atoms with Crippen molar-refractivity contribution in [3.05, 3.63) is 0 Å². The maximum absolute atomic E-state index is 11.8. The van der Waals surface area contributed by atoms with Gasteiger partial charge in [-0.1, -0.05) is 72.1 Å². The van der Waals surface area contributed by atoms with E-state index in [0.717, 1.165) is 38.5 Å². The Morgan fingerprint density at radius 1 is 0.905 bits per heavy atom. The molecule has 0 saturated carbocycles. The fraction of sp³-hybridized carbons (Fsp3) is 1.00. The molecule has 0 aliphatic carbocycles. The first-order chi connectivity index (χ1) is 10.1. The van der Waals surface area contributed by atoms with Crippen LogP contribution in [0.25, 0.3) is 0 Å². The predicted octanol–water partition coefficient (Wildman–Crippen LogP) is 5.70. The summed E-state index contributed by atoms with van der Waals surface area (Å²) in [5.41, 5.74) is 0. The van der Waals surface area contributed by atoms with Crippen LogP contribution >= 0.6 is 7.82 Å². The lowest BCUT2D eigenvalue weighted by atomic mass is 10.0. The summed E-state index contributed by atoms with van der Waals surface area (Å²) in [6, 6.07) is 0. The normalized spacial score (nSPS) is 15.8. The van der Waals surface area contributed by atoms with E-state index in [1.807, 2.05) is 0 Å². The van der Waals surface area contributed by atoms with Gasteiger partial charge in [0.1, 0.15) is 0 Å². The number of hydrogen-bond acceptors (Lipinski definition) is 3. The molecular formula is C16H35O4P. The van der Waals surface area contributed by atoms with E-state index >= 15 is 0 Å². The third-order valence-corrected chi connectivity index (χ3v) is 4.75. The lowest BCUT2D eigenvalue weighted by Gasteiger charge is -2.17. The van der Waals surface area contributed by atoms with Crippen LogP contribution in [0.4, 0.5) is 0 Å². The van der Waals surface area contributed by atoms with Crippen molar-refractivity contribution in [2.24, 2.45) is 5.92 Å². The van der Waals surface area contributed by atoms with Crippen LogP contribution in [0.2, 0.25) is 0 Å². The lowest BCUT2D eigenvalue weighted by molar-refractivity contribution is 0.125. The molecule has 4 nitrogen and oxygen atoms in total. The highest BCUT2D eigenvalue weighted by atomic mass is 31.2. The van der Waals surface area contributed by atoms with E-state index in [1.54, 1.807) is 0 Å². The van der Waals surface area contributed by atoms with Crippen molar-refractivity contribution in [1.82, 2.24) is 0 Å². The van der Waals surface area contributed by atoms with E-state index in [2.05, 4.69) is 20.8 Å². The van der Waals surface area contributed by atoms with Gasteiger partial charge in [-0.2, -0.15) is 0 Å². The van der Waals surface area contributed by atoms with Crippen LogP contribution in [0.5, 0.6) is 0 Å². The molecule has 0 aliphatic heterocycles. The van der Waals surface area contributed by atoms with E-state index < -0.39 is 7.82 Å². The molecule has 2 atom stereocenters. The molecule has 0 saturated heterocycles. The first kappa shape index (κ1) is 21.1. The van der Waals surface area contributed by atoms with Crippen molar-refractivity contribution in [2.45, 2.75) is 85.0 Å². The maximum atomic E-state index is 11.8. The van der Waals surface area contributed by atoms with Crippen LogP contribution in [0.15, 0.2) is 0 Å². The van der Waals surface area contributed by atoms with Gasteiger partial charge in [0.25, 0.3) is 0 Å². The summed E-state index contributed by atoms with van der Waals surface area (Å²) in [6.45, 7) is 7.05. The molecule has 0 aromatic heterocycles. The second kappa shape index (κ2) is 13.8. The van der Waals surface area contributed by atoms with Crippen LogP contribution in [0, 0.1) is 5.92 Å². The molecule has 2 unspecified atom stereocenters. The minimum absolute atomic E-state index is 0.311. The summed E-state index contributed by atoms with van der Waals surface area (Å²) in [4.78, 5) is 9.64. The van der Waals surface area contributed by atoms with Gasteiger partial charge in [0.05, 0.1) is 13.2 Å². The molecule has 21 heavy (non-hydrogen) atoms. The van der Waals surface area contributed by atoms with E-state index in [9.17, 15) is 9.46 Å². The molecule has 0 aromatic carbocycles. The molecule has 0 rings (SSSR count). The molecule has 0 aromatic rings. The average molecular weight is 322 g/mol. The second-order valence-corrected chi connectivity index (χ2v) is 7.24. The highest BCUT2D eigenvalue weighted by Gasteiger charge is 2.22. The minimum Gasteiger partial charge on any atom is -0.302 e. The van der Waals surface area contributed by atoms with Gasteiger partial charge in [-0.15, -0.1) is 0 Å². The van der Waals surface area contributed by atoms with Gasteiger partial charge in [0.2, 0.25) is 0 Å². The predicted molar refractivity (Wildman–Crippen MR) is 88.4 cm³/mol. The number of hydrogen-bond donors (Lipinski definition) is 1. The molecule has 128 valence electrons. The van der Waals surface area contributed by atoms with Crippen molar-refractivity contribution in [1.29, 1.82) is 0 Å². The van der Waals surface area contributed by atoms with Crippen molar-refractivity contribution in [3.8, 4) is 0 Å². The molecular weight excluding hydrogens is 287 g/mol. The van der Waals surface area contributed by atoms with Crippen molar-refractivity contribution in [2.75, 3.05) is 13.2 Å². The van der Waals surface area contributed by atoms with E-state index in [4.69, 9.17) is 9.05 Å². The second-order valence-electron chi connectivity index (χ2n) is 5.78. The molecule has 1 N–H and O–H groups in total. The Morgan fingerprint density at radius 3 is 2.14 bits per heavy atom. The fourth-order valence-electron chi connectivity index (χ4n) is 2.20. The third kappa shape index (κ3) is 13.5. The first-order valence-electron chi connectivity index (χ1n) is 8.67. The summed E-state index contributed by atoms with van der Waals surface area (Å²) in [7, 11) is -3.85. The van der Waals surface area contributed by atoms with Crippen molar-refractivity contribution < 1.29 is 18.5 Å². The highest BCUT2D eigenvalue weighted by Crippen LogP contribution is 2.44. The summed E-state index contributed by atoms with van der Waals surface area (Å²) in [6.07, 6.45) is 11.1. The standard InChI is InChI=1S/C16H35O4P/c1-4-7-9-10-11-12-14-19-21(17,18)20-15-16(6-3)13-8-5-2/h16H,4-15H2,1-3H3,(H,17,18). The van der Waals surface area contributed by atoms with Crippen molar-refractivity contribution in [3.63, 3.8) is 0 Å². The van der Waals surface area contributed by atoms with E-state index in [1.165, 1.54) is 25.7 Å². The Labute approximate surface area is 131 Å². The Bertz CT molecular complexity index is 271. The third-order valence-electron chi connectivity index (χ3n) is 3.77. The van der Waals surface area contributed by atoms with Gasteiger partial charge in [-0.3, -0.25) is 9.05 Å². The Kier molecular flexibility index (Phi) is 13.8. The summed E-state index contributed by atoms with van der Waals surface area (Å²) < 4.78 is 21.9. The van der Waals surface area contributed by atoms with Gasteiger partial charge in [-0.05, 0) is 18.8 Å². The zero-order valence-corrected chi connectivity index (χ0v) is 15.1. The topological polar surface area (TPSA) is 55.8 Å². The van der Waals surface area contributed by atoms with Crippen LogP contribution in [-0.4, -0.2) is 18.1 Å². The SMILES string of the molecule is CCCCCCCCOP(=O)(O)OCC(CC)CCCC. The smallest absolute Gasteiger partial charge is 0.302 e. The Balaban J connectivity index is 3.69. The van der Waals surface area contributed by atoms with Gasteiger partial charge < -0.3 is 4.89 Å². The molecule has 0 spiro atoms. The minimum atomic E-state index is -3.85. The number of rotatable bonds is 15. The van der Waals surface area contributed by atoms with E-state index in [0.29, 0.717) is 19.1 Å². The molecule has 0 radical (unpaired) electrons. The Hall–Kier alpha value is 0.110. The first-order valence-corrected chi connectivity index (χ1v) is 10.2. The average Bonchev–Trinajstić information content (AvgIpc) is 2.46. The molecule has 0 bridgehead atoms. The van der Waals surface area contributed by atoms with Gasteiger partial charge >= 0.3 is 7.82 Å². The van der Waals surface area contributed by atoms with E-state index in [-0.39, 0.29) is 0 Å². The quantitative estimate of drug-likeness (QED) is 0.310. The van der Waals surface area contributed by atoms with Crippen LogP contribution in [0.1, 0.15) is 85.0 Å². The molecule has 0 heterocycles. The number of phosphoric acid groups is 1. The monoisotopic (exact) mass is 322 g/mol. The zero-order chi connectivity index (χ0) is 16.0. The molecule has 0 amide bonds. The fourth-order valence-corrected chi connectivity index (χ4v) is 3.03. The summed E-state index contributed by atoms with van der Waals surface area (Å²) in [5, 5.41) is 0. The molecule has 0 aliphatic rings. The summed E-state index contributed by atoms with van der Waals surface area (Å²) >= 11 is 0. The Morgan fingerprint density at radius 2 is 1.52 bits per heavy atom. The van der Waals surface area contributed by atoms with Gasteiger partial charge in [0, 0.05) is 0 Å². The number of unbranched alkanes of at least 4 members (excludes halogenated alkanes) is 6. The largest absolute Gasteiger partial charge is 0.472 e. The zero-order valence-electron chi connectivity index (χ0n) is 14.2.